The van der Waals surface area contributed by atoms with E-state index >= 15 is 0 Å². The van der Waals surface area contributed by atoms with E-state index in [0.29, 0.717) is 13.0 Å². The van der Waals surface area contributed by atoms with Gasteiger partial charge in [-0.15, -0.1) is 0 Å². The molecule has 0 aromatic heterocycles. The van der Waals surface area contributed by atoms with E-state index in [4.69, 9.17) is 24.7 Å². The number of nitrogens with one attached hydrogen (secondary N) is 1. The first kappa shape index (κ1) is 59.8. The van der Waals surface area contributed by atoms with Gasteiger partial charge < -0.3 is 86.0 Å². The highest BCUT2D eigenvalue weighted by Crippen LogP contribution is 2.38. The molecule has 17 atom stereocenters. The fourth-order valence-electron chi connectivity index (χ4n) is 8.23. The number of carbonyl (C=O) groups is 2. The molecule has 3 rings (SSSR count). The number of esters is 1. The molecule has 0 spiro atoms. The van der Waals surface area contributed by atoms with Crippen molar-refractivity contribution in [3.63, 3.8) is 0 Å². The lowest BCUT2D eigenvalue weighted by Crippen LogP contribution is -2.59. The van der Waals surface area contributed by atoms with Gasteiger partial charge in [0, 0.05) is 44.6 Å². The van der Waals surface area contributed by atoms with Crippen molar-refractivity contribution in [2.24, 2.45) is 17.6 Å². The first-order valence-corrected chi connectivity index (χ1v) is 24.0. The molecule has 0 aromatic carbocycles. The third-order valence-electron chi connectivity index (χ3n) is 12.2. The molecular weight excluding hydrogens is 899 g/mol. The molecule has 3 heterocycles. The standard InChI is InChI=1S/C50H81N3O16/c1-32-18-15-13-11-9-7-5-6-8-10-12-14-16-19-37(68-49-47(63)46(51)42(61)31-66-49)28-43-45(48(64)52-22-17-23-53(3)4)41(60)30-50(65,69-43)29-36(56)26-40(59)38(57)21-20-34(54)25-35(55)27-44(62)67-33(2)24-39(32)58/h5-16,18-19,32-43,45-47,49,54-61,63,65H,17,20-31,51H2,1-4H3,(H,52,64)/b6-5+,9-7+,10-8+,13-11+,14-12+,18-15+,19-16+/t32-,33-,34?,35?,36?,37-,38?,39-,40?,41-,42+,43-,45?,46-,47-,49-,50+/m0/s1. The summed E-state index contributed by atoms with van der Waals surface area (Å²) in [5, 5.41) is 112. The molecule has 19 nitrogen and oxygen atoms in total. The van der Waals surface area contributed by atoms with E-state index in [0.717, 1.165) is 0 Å². The van der Waals surface area contributed by atoms with E-state index in [-0.39, 0.29) is 51.2 Å². The van der Waals surface area contributed by atoms with Crippen LogP contribution in [0.15, 0.2) is 85.1 Å². The highest BCUT2D eigenvalue weighted by molar-refractivity contribution is 5.80. The Morgan fingerprint density at radius 2 is 1.35 bits per heavy atom. The molecule has 2 bridgehead atoms. The van der Waals surface area contributed by atoms with Crippen LogP contribution in [0.1, 0.15) is 78.1 Å². The SMILES string of the molecule is C[C@H]1C[C@H](O)[C@@H](C)/C=C/C=C/C=C/C=C/C=C/C=C/C=C/[C@H](O[C@@H]2OC[C@@H](O)[C@H](N)[C@@H]2O)C[C@@H]2O[C@](O)(CC(O)CC(O)C(O)CCC(O)CC(O)CC(=O)O1)C[C@H](O)C2C(=O)NCCCN(C)C. The predicted octanol–water partition coefficient (Wildman–Crippen LogP) is 0.0605. The fraction of sp³-hybridized carbons (Fsp3) is 0.680. The first-order valence-electron chi connectivity index (χ1n) is 24.0. The third kappa shape index (κ3) is 22.6. The van der Waals surface area contributed by atoms with Crippen LogP contribution in [0.2, 0.25) is 0 Å². The van der Waals surface area contributed by atoms with Gasteiger partial charge >= 0.3 is 5.97 Å². The summed E-state index contributed by atoms with van der Waals surface area (Å²) in [6, 6.07) is -1.10. The third-order valence-corrected chi connectivity index (χ3v) is 12.2. The van der Waals surface area contributed by atoms with Gasteiger partial charge in [-0.1, -0.05) is 92.0 Å². The van der Waals surface area contributed by atoms with Crippen LogP contribution in [-0.2, 0) is 28.5 Å². The summed E-state index contributed by atoms with van der Waals surface area (Å²) in [5.41, 5.74) is 6.02. The molecule has 2 fully saturated rings. The highest BCUT2D eigenvalue weighted by Gasteiger charge is 2.50. The Hall–Kier alpha value is -3.48. The molecule has 392 valence electrons. The van der Waals surface area contributed by atoms with Crippen molar-refractivity contribution in [3.05, 3.63) is 85.1 Å². The van der Waals surface area contributed by atoms with Crippen LogP contribution in [0.5, 0.6) is 0 Å². The van der Waals surface area contributed by atoms with E-state index in [1.54, 1.807) is 55.5 Å². The average molecular weight is 980 g/mol. The van der Waals surface area contributed by atoms with Crippen molar-refractivity contribution in [2.75, 3.05) is 33.8 Å². The number of aliphatic hydroxyl groups excluding tert-OH is 9. The molecule has 0 radical (unpaired) electrons. The number of hydrogen-bond acceptors (Lipinski definition) is 18. The molecule has 69 heavy (non-hydrogen) atoms. The number of amides is 1. The smallest absolute Gasteiger partial charge is 0.308 e. The number of hydrogen-bond donors (Lipinski definition) is 12. The van der Waals surface area contributed by atoms with E-state index in [2.05, 4.69) is 5.32 Å². The van der Waals surface area contributed by atoms with Crippen molar-refractivity contribution >= 4 is 11.9 Å². The number of fused-ring (bicyclic) bond motifs is 2. The van der Waals surface area contributed by atoms with E-state index in [9.17, 15) is 60.7 Å². The zero-order valence-electron chi connectivity index (χ0n) is 40.5. The Kier molecular flexibility index (Phi) is 26.9. The summed E-state index contributed by atoms with van der Waals surface area (Å²) < 4.78 is 23.4. The van der Waals surface area contributed by atoms with E-state index in [1.807, 2.05) is 62.4 Å². The molecule has 2 saturated heterocycles. The number of allylic oxidation sites excluding steroid dienone is 12. The van der Waals surface area contributed by atoms with Gasteiger partial charge in [0.25, 0.3) is 0 Å². The maximum atomic E-state index is 13.8. The molecule has 6 unspecified atom stereocenters. The van der Waals surface area contributed by atoms with Gasteiger partial charge in [0.15, 0.2) is 12.1 Å². The quantitative estimate of drug-likeness (QED) is 0.119. The summed E-state index contributed by atoms with van der Waals surface area (Å²) in [6.45, 7) is 4.17. The van der Waals surface area contributed by atoms with Crippen LogP contribution in [-0.4, -0.2) is 193 Å². The van der Waals surface area contributed by atoms with Crippen LogP contribution in [0, 0.1) is 11.8 Å². The van der Waals surface area contributed by atoms with E-state index in [1.165, 1.54) is 0 Å². The zero-order chi connectivity index (χ0) is 51.1. The minimum absolute atomic E-state index is 0.0872. The van der Waals surface area contributed by atoms with Gasteiger partial charge in [-0.3, -0.25) is 9.59 Å². The second kappa shape index (κ2) is 31.1. The van der Waals surface area contributed by atoms with Crippen molar-refractivity contribution in [1.29, 1.82) is 0 Å². The highest BCUT2D eigenvalue weighted by atomic mass is 16.7. The van der Waals surface area contributed by atoms with Crippen molar-refractivity contribution in [1.82, 2.24) is 10.2 Å². The Morgan fingerprint density at radius 3 is 1.97 bits per heavy atom. The van der Waals surface area contributed by atoms with Crippen molar-refractivity contribution in [2.45, 2.75) is 169 Å². The molecule has 3 aliphatic heterocycles. The lowest BCUT2D eigenvalue weighted by atomic mass is 9.82. The molecule has 1 amide bonds. The number of nitrogens with zero attached hydrogens (tertiary/aromatic N) is 1. The summed E-state index contributed by atoms with van der Waals surface area (Å²) in [6.07, 6.45) is 6.73. The van der Waals surface area contributed by atoms with Gasteiger partial charge in [0.05, 0.1) is 86.0 Å². The summed E-state index contributed by atoms with van der Waals surface area (Å²) in [4.78, 5) is 28.3. The van der Waals surface area contributed by atoms with Crippen LogP contribution in [0.3, 0.4) is 0 Å². The largest absolute Gasteiger partial charge is 0.462 e. The monoisotopic (exact) mass is 980 g/mol. The first-order chi connectivity index (χ1) is 32.7. The number of cyclic esters (lactones) is 1. The zero-order valence-corrected chi connectivity index (χ0v) is 40.5. The Morgan fingerprint density at radius 1 is 0.739 bits per heavy atom. The van der Waals surface area contributed by atoms with Gasteiger partial charge in [-0.2, -0.15) is 0 Å². The molecule has 0 aromatic rings. The molecule has 13 N–H and O–H groups in total. The van der Waals surface area contributed by atoms with Gasteiger partial charge in [-0.25, -0.2) is 0 Å². The van der Waals surface area contributed by atoms with Crippen LogP contribution in [0.4, 0.5) is 0 Å². The summed E-state index contributed by atoms with van der Waals surface area (Å²) in [5.74, 6) is -5.03. The number of carbonyl (C=O) groups excluding carboxylic acids is 2. The molecule has 19 heteroatoms. The van der Waals surface area contributed by atoms with Crippen molar-refractivity contribution in [3.8, 4) is 0 Å². The van der Waals surface area contributed by atoms with E-state index < -0.39 is 135 Å². The molecule has 0 aliphatic carbocycles. The Bertz CT molecular complexity index is 1720. The maximum absolute atomic E-state index is 13.8. The predicted molar refractivity (Wildman–Crippen MR) is 256 cm³/mol. The topological polar surface area (TPSA) is 315 Å². The van der Waals surface area contributed by atoms with Gasteiger partial charge in [0.2, 0.25) is 5.91 Å². The minimum atomic E-state index is -2.25. The summed E-state index contributed by atoms with van der Waals surface area (Å²) >= 11 is 0. The number of aliphatic hydroxyl groups is 10. The minimum Gasteiger partial charge on any atom is -0.462 e. The van der Waals surface area contributed by atoms with Crippen LogP contribution < -0.4 is 11.1 Å². The summed E-state index contributed by atoms with van der Waals surface area (Å²) in [7, 11) is 3.78. The molecule has 3 aliphatic rings. The number of rotatable bonds is 7. The number of ether oxygens (including phenoxy) is 4. The normalized spacial score (nSPS) is 41.4. The van der Waals surface area contributed by atoms with Gasteiger partial charge in [-0.05, 0) is 53.2 Å². The molecular formula is C50H81N3O16. The number of nitrogens with two attached hydrogens (primary N) is 1. The van der Waals surface area contributed by atoms with Crippen molar-refractivity contribution < 1.29 is 79.6 Å². The lowest BCUT2D eigenvalue weighted by molar-refractivity contribution is -0.304. The second-order valence-electron chi connectivity index (χ2n) is 18.8. The lowest BCUT2D eigenvalue weighted by Gasteiger charge is -2.45. The second-order valence-corrected chi connectivity index (χ2v) is 18.8. The molecule has 0 saturated carbocycles. The van der Waals surface area contributed by atoms with Crippen LogP contribution >= 0.6 is 0 Å². The Labute approximate surface area is 406 Å². The Balaban J connectivity index is 1.90. The fourth-order valence-corrected chi connectivity index (χ4v) is 8.23. The maximum Gasteiger partial charge on any atom is 0.308 e. The van der Waals surface area contributed by atoms with Crippen LogP contribution in [0.25, 0.3) is 0 Å². The van der Waals surface area contributed by atoms with Gasteiger partial charge in [0.1, 0.15) is 12.2 Å². The average Bonchev–Trinajstić information content (AvgIpc) is 3.25.